The third-order valence-electron chi connectivity index (χ3n) is 4.10. The van der Waals surface area contributed by atoms with E-state index in [0.717, 1.165) is 23.5 Å². The highest BCUT2D eigenvalue weighted by Crippen LogP contribution is 2.16. The molecule has 0 spiro atoms. The van der Waals surface area contributed by atoms with Crippen molar-refractivity contribution in [1.29, 1.82) is 0 Å². The highest BCUT2D eigenvalue weighted by Gasteiger charge is 2.09. The molecule has 0 fully saturated rings. The maximum absolute atomic E-state index is 12.3. The Morgan fingerprint density at radius 1 is 0.929 bits per heavy atom. The van der Waals surface area contributed by atoms with Gasteiger partial charge in [0.05, 0.1) is 14.2 Å². The maximum atomic E-state index is 12.3. The van der Waals surface area contributed by atoms with Crippen LogP contribution in [-0.2, 0) is 6.42 Å². The Bertz CT molecular complexity index is 912. The van der Waals surface area contributed by atoms with Gasteiger partial charge in [-0.2, -0.15) is 0 Å². The van der Waals surface area contributed by atoms with Crippen LogP contribution in [0, 0.1) is 0 Å². The minimum Gasteiger partial charge on any atom is -0.497 e. The topological polar surface area (TPSA) is 85.4 Å². The molecule has 0 radical (unpaired) electrons. The van der Waals surface area contributed by atoms with E-state index in [-0.39, 0.29) is 11.6 Å². The summed E-state index contributed by atoms with van der Waals surface area (Å²) in [4.78, 5) is 12.3. The van der Waals surface area contributed by atoms with Crippen LogP contribution < -0.4 is 20.1 Å². The molecule has 0 saturated heterocycles. The molecule has 2 aromatic carbocycles. The van der Waals surface area contributed by atoms with Crippen LogP contribution in [0.25, 0.3) is 0 Å². The van der Waals surface area contributed by atoms with Gasteiger partial charge < -0.3 is 20.1 Å². The Morgan fingerprint density at radius 2 is 1.71 bits per heavy atom. The van der Waals surface area contributed by atoms with E-state index in [4.69, 9.17) is 9.47 Å². The summed E-state index contributed by atoms with van der Waals surface area (Å²) in [7, 11) is 3.24. The minimum atomic E-state index is -0.319. The van der Waals surface area contributed by atoms with Gasteiger partial charge in [-0.3, -0.25) is 4.79 Å². The highest BCUT2D eigenvalue weighted by molar-refractivity contribution is 6.02. The standard InChI is InChI=1S/C21H22N4O3/c1-27-17-8-6-16(7-9-17)23-21(26)19-10-11-20(25-24-19)22-13-12-15-4-3-5-18(14-15)28-2/h3-11,14H,12-13H2,1-2H3,(H,22,25)(H,23,26). The first-order valence-corrected chi connectivity index (χ1v) is 8.84. The summed E-state index contributed by atoms with van der Waals surface area (Å²) in [6.07, 6.45) is 0.818. The Hall–Kier alpha value is -3.61. The Morgan fingerprint density at radius 3 is 2.39 bits per heavy atom. The van der Waals surface area contributed by atoms with Gasteiger partial charge >= 0.3 is 0 Å². The lowest BCUT2D eigenvalue weighted by atomic mass is 10.1. The molecule has 0 aliphatic rings. The van der Waals surface area contributed by atoms with E-state index in [2.05, 4.69) is 20.8 Å². The molecule has 7 nitrogen and oxygen atoms in total. The Kier molecular flexibility index (Phi) is 6.41. The molecular formula is C21H22N4O3. The molecule has 28 heavy (non-hydrogen) atoms. The zero-order valence-corrected chi connectivity index (χ0v) is 15.8. The molecule has 7 heteroatoms. The normalized spacial score (nSPS) is 10.2. The summed E-state index contributed by atoms with van der Waals surface area (Å²) in [6, 6.07) is 18.4. The van der Waals surface area contributed by atoms with Gasteiger partial charge in [0.25, 0.3) is 5.91 Å². The van der Waals surface area contributed by atoms with Gasteiger partial charge in [-0.15, -0.1) is 10.2 Å². The van der Waals surface area contributed by atoms with Crippen molar-refractivity contribution < 1.29 is 14.3 Å². The second kappa shape index (κ2) is 9.36. The first-order valence-electron chi connectivity index (χ1n) is 8.84. The fourth-order valence-corrected chi connectivity index (χ4v) is 2.58. The molecule has 0 bridgehead atoms. The molecule has 1 aromatic heterocycles. The molecule has 3 rings (SSSR count). The number of carbonyl (C=O) groups is 1. The van der Waals surface area contributed by atoms with Crippen molar-refractivity contribution >= 4 is 17.4 Å². The summed E-state index contributed by atoms with van der Waals surface area (Å²) in [5.41, 5.74) is 2.07. The number of methoxy groups -OCH3 is 2. The number of anilines is 2. The number of aromatic nitrogens is 2. The van der Waals surface area contributed by atoms with Gasteiger partial charge in [0.2, 0.25) is 0 Å². The molecule has 0 aliphatic carbocycles. The Labute approximate surface area is 163 Å². The summed E-state index contributed by atoms with van der Waals surface area (Å²) < 4.78 is 10.3. The predicted molar refractivity (Wildman–Crippen MR) is 108 cm³/mol. The van der Waals surface area contributed by atoms with E-state index in [1.807, 2.05) is 24.3 Å². The number of nitrogens with zero attached hydrogens (tertiary/aromatic N) is 2. The predicted octanol–water partition coefficient (Wildman–Crippen LogP) is 3.40. The molecule has 0 atom stereocenters. The maximum Gasteiger partial charge on any atom is 0.276 e. The van der Waals surface area contributed by atoms with Crippen molar-refractivity contribution in [3.05, 3.63) is 71.9 Å². The average molecular weight is 378 g/mol. The van der Waals surface area contributed by atoms with E-state index >= 15 is 0 Å². The van der Waals surface area contributed by atoms with Crippen molar-refractivity contribution in [2.24, 2.45) is 0 Å². The third kappa shape index (κ3) is 5.20. The molecule has 0 unspecified atom stereocenters. The first kappa shape index (κ1) is 19.2. The monoisotopic (exact) mass is 378 g/mol. The van der Waals surface area contributed by atoms with Crippen LogP contribution in [0.4, 0.5) is 11.5 Å². The summed E-state index contributed by atoms with van der Waals surface area (Å²) in [5.74, 6) is 1.86. The van der Waals surface area contributed by atoms with Crippen molar-refractivity contribution in [3.63, 3.8) is 0 Å². The van der Waals surface area contributed by atoms with Crippen LogP contribution in [0.1, 0.15) is 16.1 Å². The number of hydrogen-bond acceptors (Lipinski definition) is 6. The lowest BCUT2D eigenvalue weighted by molar-refractivity contribution is 0.102. The van der Waals surface area contributed by atoms with E-state index in [1.54, 1.807) is 50.6 Å². The number of amides is 1. The zero-order valence-electron chi connectivity index (χ0n) is 15.8. The summed E-state index contributed by atoms with van der Waals surface area (Å²) in [6.45, 7) is 0.694. The second-order valence-electron chi connectivity index (χ2n) is 6.01. The van der Waals surface area contributed by atoms with Gasteiger partial charge in [0, 0.05) is 12.2 Å². The SMILES string of the molecule is COc1ccc(NC(=O)c2ccc(NCCc3cccc(OC)c3)nn2)cc1. The smallest absolute Gasteiger partial charge is 0.276 e. The zero-order chi connectivity index (χ0) is 19.8. The van der Waals surface area contributed by atoms with Gasteiger partial charge in [-0.25, -0.2) is 0 Å². The van der Waals surface area contributed by atoms with E-state index < -0.39 is 0 Å². The molecule has 0 aliphatic heterocycles. The van der Waals surface area contributed by atoms with Crippen LogP contribution in [0.5, 0.6) is 11.5 Å². The number of nitrogens with one attached hydrogen (secondary N) is 2. The second-order valence-corrected chi connectivity index (χ2v) is 6.01. The van der Waals surface area contributed by atoms with Gasteiger partial charge in [-0.1, -0.05) is 12.1 Å². The minimum absolute atomic E-state index is 0.245. The van der Waals surface area contributed by atoms with Crippen molar-refractivity contribution in [2.75, 3.05) is 31.4 Å². The number of hydrogen-bond donors (Lipinski definition) is 2. The lowest BCUT2D eigenvalue weighted by Gasteiger charge is -2.08. The van der Waals surface area contributed by atoms with Crippen molar-refractivity contribution in [1.82, 2.24) is 10.2 Å². The van der Waals surface area contributed by atoms with Crippen LogP contribution in [0.2, 0.25) is 0 Å². The molecular weight excluding hydrogens is 356 g/mol. The van der Waals surface area contributed by atoms with Crippen molar-refractivity contribution in [2.45, 2.75) is 6.42 Å². The van der Waals surface area contributed by atoms with E-state index in [9.17, 15) is 4.79 Å². The van der Waals surface area contributed by atoms with Gasteiger partial charge in [0.1, 0.15) is 17.3 Å². The third-order valence-corrected chi connectivity index (χ3v) is 4.10. The van der Waals surface area contributed by atoms with E-state index in [1.165, 1.54) is 0 Å². The molecule has 0 saturated carbocycles. The molecule has 1 amide bonds. The number of ether oxygens (including phenoxy) is 2. The molecule has 144 valence electrons. The van der Waals surface area contributed by atoms with Crippen LogP contribution in [0.15, 0.2) is 60.7 Å². The van der Waals surface area contributed by atoms with Crippen LogP contribution >= 0.6 is 0 Å². The largest absolute Gasteiger partial charge is 0.497 e. The number of carbonyl (C=O) groups excluding carboxylic acids is 1. The molecule has 1 heterocycles. The van der Waals surface area contributed by atoms with Gasteiger partial charge in [-0.05, 0) is 60.5 Å². The van der Waals surface area contributed by atoms with Crippen molar-refractivity contribution in [3.8, 4) is 11.5 Å². The summed E-state index contributed by atoms with van der Waals surface area (Å²) >= 11 is 0. The molecule has 2 N–H and O–H groups in total. The Balaban J connectivity index is 1.51. The molecule has 3 aromatic rings. The lowest BCUT2D eigenvalue weighted by Crippen LogP contribution is -2.15. The number of rotatable bonds is 8. The van der Waals surface area contributed by atoms with Gasteiger partial charge in [0.15, 0.2) is 5.69 Å². The average Bonchev–Trinajstić information content (AvgIpc) is 2.75. The first-order chi connectivity index (χ1) is 13.7. The number of benzene rings is 2. The highest BCUT2D eigenvalue weighted by atomic mass is 16.5. The summed E-state index contributed by atoms with van der Waals surface area (Å²) in [5, 5.41) is 14.0. The fourth-order valence-electron chi connectivity index (χ4n) is 2.58. The quantitative estimate of drug-likeness (QED) is 0.625. The van der Waals surface area contributed by atoms with Crippen LogP contribution in [0.3, 0.4) is 0 Å². The van der Waals surface area contributed by atoms with Crippen LogP contribution in [-0.4, -0.2) is 36.9 Å². The fraction of sp³-hybridized carbons (Fsp3) is 0.190. The van der Waals surface area contributed by atoms with E-state index in [0.29, 0.717) is 18.1 Å².